The van der Waals surface area contributed by atoms with E-state index >= 15 is 0 Å². The maximum absolute atomic E-state index is 12.7. The highest BCUT2D eigenvalue weighted by Crippen LogP contribution is 2.18. The first-order valence-corrected chi connectivity index (χ1v) is 10.1. The van der Waals surface area contributed by atoms with E-state index in [2.05, 4.69) is 6.58 Å². The Morgan fingerprint density at radius 3 is 2.42 bits per heavy atom. The van der Waals surface area contributed by atoms with Crippen molar-refractivity contribution in [1.82, 2.24) is 4.90 Å². The lowest BCUT2D eigenvalue weighted by molar-refractivity contribution is 0.0763. The van der Waals surface area contributed by atoms with Gasteiger partial charge in [0.1, 0.15) is 0 Å². The van der Waals surface area contributed by atoms with Crippen molar-refractivity contribution in [2.45, 2.75) is 6.54 Å². The van der Waals surface area contributed by atoms with Gasteiger partial charge in [0.15, 0.2) is 0 Å². The van der Waals surface area contributed by atoms with Gasteiger partial charge in [-0.1, -0.05) is 6.08 Å². The number of hydrogen-bond acceptors (Lipinski definition) is 4. The molecule has 2 aromatic rings. The number of anilines is 1. The fourth-order valence-electron chi connectivity index (χ4n) is 2.17. The quantitative estimate of drug-likeness (QED) is 0.710. The van der Waals surface area contributed by atoms with Gasteiger partial charge in [0.2, 0.25) is 10.0 Å². The molecule has 0 saturated heterocycles. The van der Waals surface area contributed by atoms with Crippen molar-refractivity contribution in [3.8, 4) is 0 Å². The second kappa shape index (κ2) is 7.63. The molecular formula is C17H20N2O3S2. The van der Waals surface area contributed by atoms with Gasteiger partial charge < -0.3 is 4.90 Å². The normalized spacial score (nSPS) is 11.1. The van der Waals surface area contributed by atoms with Crippen LogP contribution < -0.4 is 4.31 Å². The van der Waals surface area contributed by atoms with Gasteiger partial charge in [0, 0.05) is 25.7 Å². The number of sulfonamides is 1. The lowest BCUT2D eigenvalue weighted by Gasteiger charge is -2.21. The van der Waals surface area contributed by atoms with Gasteiger partial charge in [0.25, 0.3) is 5.91 Å². The summed E-state index contributed by atoms with van der Waals surface area (Å²) in [5, 5.41) is 3.98. The van der Waals surface area contributed by atoms with E-state index in [0.717, 1.165) is 11.8 Å². The summed E-state index contributed by atoms with van der Waals surface area (Å²) >= 11 is 1.59. The monoisotopic (exact) mass is 364 g/mol. The van der Waals surface area contributed by atoms with Crippen molar-refractivity contribution in [3.63, 3.8) is 0 Å². The van der Waals surface area contributed by atoms with Crippen LogP contribution in [0.3, 0.4) is 0 Å². The zero-order chi connectivity index (χ0) is 17.7. The van der Waals surface area contributed by atoms with Crippen LogP contribution in [0.4, 0.5) is 5.69 Å². The minimum absolute atomic E-state index is 0.116. The topological polar surface area (TPSA) is 57.7 Å². The van der Waals surface area contributed by atoms with Crippen LogP contribution in [-0.4, -0.2) is 39.1 Å². The summed E-state index contributed by atoms with van der Waals surface area (Å²) in [5.74, 6) is -0.116. The average molecular weight is 364 g/mol. The minimum atomic E-state index is -3.32. The molecule has 1 amide bonds. The zero-order valence-corrected chi connectivity index (χ0v) is 15.3. The van der Waals surface area contributed by atoms with Crippen molar-refractivity contribution in [3.05, 3.63) is 64.9 Å². The number of rotatable bonds is 7. The molecule has 0 spiro atoms. The molecule has 128 valence electrons. The van der Waals surface area contributed by atoms with Crippen molar-refractivity contribution in [2.75, 3.05) is 24.2 Å². The predicted octanol–water partition coefficient (Wildman–Crippen LogP) is 2.97. The standard InChI is InChI=1S/C17H20N2O3S2/c1-4-10-19(12-14-9-11-23-13-14)17(20)15-5-7-16(8-6-15)18(2)24(3,21)22/h4-9,11,13H,1,10,12H2,2-3H3. The van der Waals surface area contributed by atoms with E-state index in [4.69, 9.17) is 0 Å². The van der Waals surface area contributed by atoms with Crippen molar-refractivity contribution in [1.29, 1.82) is 0 Å². The molecule has 1 aromatic carbocycles. The van der Waals surface area contributed by atoms with Crippen LogP contribution in [-0.2, 0) is 16.6 Å². The SMILES string of the molecule is C=CCN(Cc1ccsc1)C(=O)c1ccc(N(C)S(C)(=O)=O)cc1. The third kappa shape index (κ3) is 4.46. The Hall–Kier alpha value is -2.12. The predicted molar refractivity (Wildman–Crippen MR) is 98.9 cm³/mol. The number of nitrogens with zero attached hydrogens (tertiary/aromatic N) is 2. The Morgan fingerprint density at radius 2 is 1.92 bits per heavy atom. The zero-order valence-electron chi connectivity index (χ0n) is 13.7. The molecule has 24 heavy (non-hydrogen) atoms. The number of hydrogen-bond donors (Lipinski definition) is 0. The molecule has 0 bridgehead atoms. The molecule has 0 aliphatic carbocycles. The minimum Gasteiger partial charge on any atom is -0.331 e. The molecule has 1 heterocycles. The highest BCUT2D eigenvalue weighted by Gasteiger charge is 2.17. The van der Waals surface area contributed by atoms with E-state index in [1.54, 1.807) is 46.6 Å². The van der Waals surface area contributed by atoms with E-state index in [1.807, 2.05) is 16.8 Å². The summed E-state index contributed by atoms with van der Waals surface area (Å²) in [7, 11) is -1.84. The Morgan fingerprint density at radius 1 is 1.25 bits per heavy atom. The van der Waals surface area contributed by atoms with E-state index < -0.39 is 10.0 Å². The number of thiophene rings is 1. The van der Waals surface area contributed by atoms with E-state index in [1.165, 1.54) is 11.4 Å². The summed E-state index contributed by atoms with van der Waals surface area (Å²) in [4.78, 5) is 14.4. The summed E-state index contributed by atoms with van der Waals surface area (Å²) in [6, 6.07) is 8.53. The molecule has 0 fully saturated rings. The van der Waals surface area contributed by atoms with Crippen LogP contribution in [0.25, 0.3) is 0 Å². The van der Waals surface area contributed by atoms with E-state index in [-0.39, 0.29) is 5.91 Å². The molecule has 1 aromatic heterocycles. The van der Waals surface area contributed by atoms with Gasteiger partial charge in [-0.15, -0.1) is 6.58 Å². The molecular weight excluding hydrogens is 344 g/mol. The Kier molecular flexibility index (Phi) is 5.80. The number of carbonyl (C=O) groups is 1. The second-order valence-electron chi connectivity index (χ2n) is 5.38. The molecule has 5 nitrogen and oxygen atoms in total. The first-order chi connectivity index (χ1) is 11.3. The summed E-state index contributed by atoms with van der Waals surface area (Å²) in [6.45, 7) is 4.66. The third-order valence-corrected chi connectivity index (χ3v) is 5.50. The first kappa shape index (κ1) is 18.2. The second-order valence-corrected chi connectivity index (χ2v) is 8.18. The lowest BCUT2D eigenvalue weighted by atomic mass is 10.1. The molecule has 0 N–H and O–H groups in total. The van der Waals surface area contributed by atoms with Crippen LogP contribution in [0.2, 0.25) is 0 Å². The Bertz CT molecular complexity index is 797. The largest absolute Gasteiger partial charge is 0.331 e. The highest BCUT2D eigenvalue weighted by atomic mass is 32.2. The fraction of sp³-hybridized carbons (Fsp3) is 0.235. The molecule has 0 atom stereocenters. The molecule has 2 rings (SSSR count). The molecule has 0 unspecified atom stereocenters. The molecule has 0 saturated carbocycles. The van der Waals surface area contributed by atoms with Gasteiger partial charge in [-0.2, -0.15) is 11.3 Å². The van der Waals surface area contributed by atoms with Gasteiger partial charge in [-0.05, 0) is 46.7 Å². The number of benzene rings is 1. The summed E-state index contributed by atoms with van der Waals surface area (Å²) in [6.07, 6.45) is 2.83. The van der Waals surface area contributed by atoms with Crippen LogP contribution in [0, 0.1) is 0 Å². The first-order valence-electron chi connectivity index (χ1n) is 7.28. The maximum atomic E-state index is 12.7. The van der Waals surface area contributed by atoms with Gasteiger partial charge in [0.05, 0.1) is 11.9 Å². The van der Waals surface area contributed by atoms with Crippen LogP contribution >= 0.6 is 11.3 Å². The average Bonchev–Trinajstić information content (AvgIpc) is 3.05. The smallest absolute Gasteiger partial charge is 0.254 e. The Labute approximate surface area is 146 Å². The van der Waals surface area contributed by atoms with Crippen molar-refractivity contribution >= 4 is 33.0 Å². The van der Waals surface area contributed by atoms with Crippen molar-refractivity contribution < 1.29 is 13.2 Å². The van der Waals surface area contributed by atoms with E-state index in [9.17, 15) is 13.2 Å². The van der Waals surface area contributed by atoms with Gasteiger partial charge in [-0.25, -0.2) is 8.42 Å². The summed E-state index contributed by atoms with van der Waals surface area (Å²) < 4.78 is 24.3. The van der Waals surface area contributed by atoms with Gasteiger partial charge in [-0.3, -0.25) is 9.10 Å². The molecule has 7 heteroatoms. The lowest BCUT2D eigenvalue weighted by Crippen LogP contribution is -2.30. The molecule has 0 radical (unpaired) electrons. The van der Waals surface area contributed by atoms with Gasteiger partial charge >= 0.3 is 0 Å². The molecule has 0 aliphatic rings. The van der Waals surface area contributed by atoms with Crippen LogP contribution in [0.15, 0.2) is 53.7 Å². The third-order valence-electron chi connectivity index (χ3n) is 3.57. The van der Waals surface area contributed by atoms with E-state index in [0.29, 0.717) is 24.3 Å². The Balaban J connectivity index is 2.19. The molecule has 0 aliphatic heterocycles. The van der Waals surface area contributed by atoms with Crippen LogP contribution in [0.1, 0.15) is 15.9 Å². The number of carbonyl (C=O) groups excluding carboxylic acids is 1. The summed E-state index contributed by atoms with van der Waals surface area (Å²) in [5.41, 5.74) is 2.10. The van der Waals surface area contributed by atoms with Crippen molar-refractivity contribution in [2.24, 2.45) is 0 Å². The highest BCUT2D eigenvalue weighted by molar-refractivity contribution is 7.92. The van der Waals surface area contributed by atoms with Crippen LogP contribution in [0.5, 0.6) is 0 Å². The number of amides is 1. The maximum Gasteiger partial charge on any atom is 0.254 e. The fourth-order valence-corrected chi connectivity index (χ4v) is 3.33.